The highest BCUT2D eigenvalue weighted by atomic mass is 19.1. The van der Waals surface area contributed by atoms with E-state index >= 15 is 4.39 Å². The minimum absolute atomic E-state index is 0.103. The topological polar surface area (TPSA) is 134 Å². The van der Waals surface area contributed by atoms with Gasteiger partial charge in [0.05, 0.1) is 41.6 Å². The number of carbonyl (C=O) groups excluding carboxylic acids is 2. The van der Waals surface area contributed by atoms with Gasteiger partial charge in [0.25, 0.3) is 5.56 Å². The molecule has 2 aliphatic heterocycles. The molecule has 4 heterocycles. The van der Waals surface area contributed by atoms with Crippen LogP contribution in [0.5, 0.6) is 0 Å². The molecule has 0 bridgehead atoms. The number of rotatable bonds is 3. The number of aryl methyl sites for hydroxylation is 1. The number of aromatic nitrogens is 2. The molecule has 0 saturated carbocycles. The Bertz CT molecular complexity index is 1720. The molecule has 0 unspecified atom stereocenters. The predicted molar refractivity (Wildman–Crippen MR) is 144 cm³/mol. The maximum atomic E-state index is 15.1. The molecule has 4 aliphatic rings. The van der Waals surface area contributed by atoms with Crippen molar-refractivity contribution in [1.82, 2.24) is 20.2 Å². The van der Waals surface area contributed by atoms with E-state index in [1.807, 2.05) is 0 Å². The molecular weight excluding hydrogens is 515 g/mol. The Morgan fingerprint density at radius 2 is 2.02 bits per heavy atom. The number of β-amino-alcohol motifs (C(OH)–C–C–N with tert-alkyl or cyclic N) is 1. The number of hydrogen-bond donors (Lipinski definition) is 4. The zero-order chi connectivity index (χ0) is 28.1. The Morgan fingerprint density at radius 1 is 1.23 bits per heavy atom. The Balaban J connectivity index is 1.44. The molecule has 2 aliphatic carbocycles. The average Bonchev–Trinajstić information content (AvgIpc) is 3.54. The quantitative estimate of drug-likeness (QED) is 0.308. The van der Waals surface area contributed by atoms with Gasteiger partial charge in [0.1, 0.15) is 11.4 Å². The maximum absolute atomic E-state index is 15.1. The second-order valence-corrected chi connectivity index (χ2v) is 11.6. The lowest BCUT2D eigenvalue weighted by atomic mass is 9.77. The van der Waals surface area contributed by atoms with Gasteiger partial charge in [0.2, 0.25) is 5.91 Å². The van der Waals surface area contributed by atoms with Gasteiger partial charge in [0, 0.05) is 41.1 Å². The van der Waals surface area contributed by atoms with Crippen molar-refractivity contribution in [3.63, 3.8) is 0 Å². The third-order valence-electron chi connectivity index (χ3n) is 9.50. The van der Waals surface area contributed by atoms with Gasteiger partial charge in [-0.05, 0) is 61.8 Å². The molecule has 4 N–H and O–H groups in total. The van der Waals surface area contributed by atoms with E-state index < -0.39 is 23.8 Å². The number of nitrogens with one attached hydrogen (secondary N) is 2. The number of benzene rings is 1. The third-order valence-corrected chi connectivity index (χ3v) is 9.50. The summed E-state index contributed by atoms with van der Waals surface area (Å²) in [6.45, 7) is 4.06. The van der Waals surface area contributed by atoms with Crippen LogP contribution in [0, 0.1) is 12.7 Å². The normalized spacial score (nSPS) is 26.5. The van der Waals surface area contributed by atoms with E-state index in [0.717, 1.165) is 22.1 Å². The number of amides is 1. The Morgan fingerprint density at radius 3 is 2.75 bits per heavy atom. The van der Waals surface area contributed by atoms with Crippen LogP contribution in [0.25, 0.3) is 22.3 Å². The first-order chi connectivity index (χ1) is 19.1. The van der Waals surface area contributed by atoms with Gasteiger partial charge in [-0.2, -0.15) is 0 Å². The van der Waals surface area contributed by atoms with E-state index in [-0.39, 0.29) is 48.9 Å². The summed E-state index contributed by atoms with van der Waals surface area (Å²) in [6.07, 6.45) is 1.38. The van der Waals surface area contributed by atoms with E-state index in [1.54, 1.807) is 24.5 Å². The van der Waals surface area contributed by atoms with E-state index in [4.69, 9.17) is 4.98 Å². The number of pyridine rings is 2. The van der Waals surface area contributed by atoms with Crippen molar-refractivity contribution < 1.29 is 24.2 Å². The fraction of sp³-hybridized carbons (Fsp3) is 0.467. The van der Waals surface area contributed by atoms with Crippen LogP contribution in [0.4, 0.5) is 4.39 Å². The second-order valence-electron chi connectivity index (χ2n) is 11.6. The number of ketones is 1. The van der Waals surface area contributed by atoms with Crippen molar-refractivity contribution in [2.45, 2.75) is 82.7 Å². The summed E-state index contributed by atoms with van der Waals surface area (Å²) in [5.41, 5.74) is 3.24. The molecule has 1 aromatic carbocycles. The lowest BCUT2D eigenvalue weighted by molar-refractivity contribution is -0.140. The highest BCUT2D eigenvalue weighted by molar-refractivity contribution is 5.95. The third kappa shape index (κ3) is 3.42. The number of aliphatic hydroxyl groups excluding tert-OH is 1. The summed E-state index contributed by atoms with van der Waals surface area (Å²) in [5.74, 6) is -0.876. The fourth-order valence-electron chi connectivity index (χ4n) is 7.27. The van der Waals surface area contributed by atoms with Gasteiger partial charge < -0.3 is 25.4 Å². The van der Waals surface area contributed by atoms with Crippen molar-refractivity contribution >= 4 is 22.6 Å². The predicted octanol–water partition coefficient (Wildman–Crippen LogP) is 1.81. The van der Waals surface area contributed by atoms with Crippen LogP contribution in [-0.4, -0.2) is 50.1 Å². The lowest BCUT2D eigenvalue weighted by Crippen LogP contribution is -2.43. The van der Waals surface area contributed by atoms with Gasteiger partial charge in [-0.25, -0.2) is 9.37 Å². The van der Waals surface area contributed by atoms with Crippen molar-refractivity contribution in [3.8, 4) is 11.4 Å². The van der Waals surface area contributed by atoms with Gasteiger partial charge in [-0.1, -0.05) is 6.92 Å². The molecule has 7 rings (SSSR count). The zero-order valence-corrected chi connectivity index (χ0v) is 22.4. The molecule has 1 saturated heterocycles. The summed E-state index contributed by atoms with van der Waals surface area (Å²) in [6, 6.07) is 2.22. The zero-order valence-electron chi connectivity index (χ0n) is 22.4. The van der Waals surface area contributed by atoms with Gasteiger partial charge in [-0.3, -0.25) is 14.4 Å². The first-order valence-corrected chi connectivity index (χ1v) is 14.0. The summed E-state index contributed by atoms with van der Waals surface area (Å²) in [7, 11) is 0. The van der Waals surface area contributed by atoms with E-state index in [9.17, 15) is 24.6 Å². The molecule has 1 fully saturated rings. The van der Waals surface area contributed by atoms with Gasteiger partial charge in [-0.15, -0.1) is 0 Å². The molecule has 1 amide bonds. The molecule has 2 aromatic heterocycles. The van der Waals surface area contributed by atoms with Gasteiger partial charge in [0.15, 0.2) is 5.78 Å². The number of carbonyl (C=O) groups is 2. The van der Waals surface area contributed by atoms with Crippen LogP contribution in [-0.2, 0) is 34.6 Å². The smallest absolute Gasteiger partial charge is 0.254 e. The summed E-state index contributed by atoms with van der Waals surface area (Å²) < 4.78 is 16.7. The van der Waals surface area contributed by atoms with Crippen molar-refractivity contribution in [2.75, 3.05) is 6.54 Å². The Hall–Kier alpha value is -3.47. The first kappa shape index (κ1) is 25.5. The Labute approximate surface area is 229 Å². The molecule has 0 spiro atoms. The monoisotopic (exact) mass is 546 g/mol. The van der Waals surface area contributed by atoms with Crippen LogP contribution in [0.1, 0.15) is 72.0 Å². The largest absolute Gasteiger partial charge is 0.392 e. The molecule has 10 heteroatoms. The Kier molecular flexibility index (Phi) is 5.59. The molecule has 9 nitrogen and oxygen atoms in total. The van der Waals surface area contributed by atoms with Crippen LogP contribution >= 0.6 is 0 Å². The fourth-order valence-corrected chi connectivity index (χ4v) is 7.27. The van der Waals surface area contributed by atoms with Crippen LogP contribution in [0.3, 0.4) is 0 Å². The summed E-state index contributed by atoms with van der Waals surface area (Å²) >= 11 is 0. The van der Waals surface area contributed by atoms with Crippen LogP contribution < -0.4 is 16.2 Å². The lowest BCUT2D eigenvalue weighted by Gasteiger charge is -2.32. The second kappa shape index (κ2) is 8.76. The molecular formula is C30H31FN4O5. The van der Waals surface area contributed by atoms with Crippen LogP contribution in [0.15, 0.2) is 16.9 Å². The molecule has 208 valence electrons. The van der Waals surface area contributed by atoms with Crippen molar-refractivity contribution in [2.24, 2.45) is 0 Å². The number of hydrogen-bond acceptors (Lipinski definition) is 7. The summed E-state index contributed by atoms with van der Waals surface area (Å²) in [4.78, 5) is 44.6. The summed E-state index contributed by atoms with van der Waals surface area (Å²) in [5, 5.41) is 28.3. The molecule has 0 radical (unpaired) electrons. The highest BCUT2D eigenvalue weighted by Crippen LogP contribution is 2.46. The van der Waals surface area contributed by atoms with Gasteiger partial charge >= 0.3 is 0 Å². The molecule has 3 aromatic rings. The first-order valence-electron chi connectivity index (χ1n) is 14.0. The number of fused-ring (bicyclic) bond motifs is 5. The average molecular weight is 547 g/mol. The molecule has 40 heavy (non-hydrogen) atoms. The SMILES string of the molecule is CC[C@@]1(O)C(=O)CCc2c1cc1n(c2=O)Cc2c-1nc1cc(F)c(C)c3c1c2[C@@H](NC(=O)[C@@H]1C[C@@H](O)CN1)CC3. The number of Topliss-reactive ketones (excluding diaryl/α,β-unsaturated/α-hetero) is 1. The number of nitrogens with zero attached hydrogens (tertiary/aromatic N) is 2. The van der Waals surface area contributed by atoms with E-state index in [1.165, 1.54) is 6.07 Å². The minimum Gasteiger partial charge on any atom is -0.392 e. The highest BCUT2D eigenvalue weighted by Gasteiger charge is 2.44. The molecule has 4 atom stereocenters. The standard InChI is InChI=1S/C30H31FN4O5/c1-3-30(40)18-9-23-27-17(12-35(23)29(39)16(18)5-7-24(30)37)26-20(34-28(38)22-8-14(36)11-32-22)6-4-15-13(2)19(31)10-21(33-27)25(15)26/h9-10,14,20,22,32,36,40H,3-8,11-12H2,1-2H3,(H,34,38)/t14-,20+,22+,30+/m1/s1. The van der Waals surface area contributed by atoms with Crippen molar-refractivity contribution in [3.05, 3.63) is 61.7 Å². The van der Waals surface area contributed by atoms with E-state index in [0.29, 0.717) is 59.4 Å². The van der Waals surface area contributed by atoms with E-state index in [2.05, 4.69) is 10.6 Å². The van der Waals surface area contributed by atoms with Crippen molar-refractivity contribution in [1.29, 1.82) is 0 Å². The van der Waals surface area contributed by atoms with Crippen LogP contribution in [0.2, 0.25) is 0 Å². The number of halogens is 1. The minimum atomic E-state index is -1.73. The maximum Gasteiger partial charge on any atom is 0.254 e. The number of aliphatic hydroxyl groups is 2.